The average molecular weight is 224 g/mol. The second-order valence-corrected chi connectivity index (χ2v) is 3.37. The molecule has 0 aliphatic rings. The second kappa shape index (κ2) is 5.39. The van der Waals surface area contributed by atoms with Crippen LogP contribution >= 0.6 is 0 Å². The van der Waals surface area contributed by atoms with Crippen molar-refractivity contribution in [3.8, 4) is 11.5 Å². The topological polar surface area (TPSA) is 44.8 Å². The Balaban J connectivity index is 3.10. The highest BCUT2D eigenvalue weighted by atomic mass is 16.5. The van der Waals surface area contributed by atoms with Gasteiger partial charge in [0.05, 0.1) is 27.8 Å². The maximum absolute atomic E-state index is 11.2. The van der Waals surface area contributed by atoms with Crippen molar-refractivity contribution in [1.82, 2.24) is 0 Å². The predicted molar refractivity (Wildman–Crippen MR) is 60.0 cm³/mol. The maximum Gasteiger partial charge on any atom is 0.309 e. The standard InChI is InChI=1S/C12H16O4/c1-8-9(6-12(13)16-4)5-10(14-2)7-11(8)15-3/h5,7H,6H2,1-4H3. The minimum Gasteiger partial charge on any atom is -0.497 e. The van der Waals surface area contributed by atoms with Gasteiger partial charge in [-0.25, -0.2) is 0 Å². The summed E-state index contributed by atoms with van der Waals surface area (Å²) < 4.78 is 15.0. The summed E-state index contributed by atoms with van der Waals surface area (Å²) in [5.74, 6) is 1.10. The number of ether oxygens (including phenoxy) is 3. The van der Waals surface area contributed by atoms with E-state index in [4.69, 9.17) is 9.47 Å². The van der Waals surface area contributed by atoms with E-state index in [1.807, 2.05) is 13.0 Å². The van der Waals surface area contributed by atoms with E-state index in [1.165, 1.54) is 7.11 Å². The molecule has 16 heavy (non-hydrogen) atoms. The zero-order valence-corrected chi connectivity index (χ0v) is 9.99. The number of carbonyl (C=O) groups excluding carboxylic acids is 1. The molecule has 88 valence electrons. The largest absolute Gasteiger partial charge is 0.497 e. The molecule has 0 atom stereocenters. The van der Waals surface area contributed by atoms with Crippen LogP contribution in [0.25, 0.3) is 0 Å². The van der Waals surface area contributed by atoms with Crippen molar-refractivity contribution in [3.05, 3.63) is 23.3 Å². The molecule has 0 fully saturated rings. The third kappa shape index (κ3) is 2.66. The molecule has 0 saturated heterocycles. The summed E-state index contributed by atoms with van der Waals surface area (Å²) in [6, 6.07) is 3.60. The van der Waals surface area contributed by atoms with Crippen LogP contribution in [0.3, 0.4) is 0 Å². The Hall–Kier alpha value is -1.71. The SMILES string of the molecule is COC(=O)Cc1cc(OC)cc(OC)c1C. The first kappa shape index (κ1) is 12.4. The lowest BCUT2D eigenvalue weighted by Gasteiger charge is -2.12. The van der Waals surface area contributed by atoms with Gasteiger partial charge in [-0.15, -0.1) is 0 Å². The first-order chi connectivity index (χ1) is 7.62. The highest BCUT2D eigenvalue weighted by Gasteiger charge is 2.11. The maximum atomic E-state index is 11.2. The smallest absolute Gasteiger partial charge is 0.309 e. The number of methoxy groups -OCH3 is 3. The van der Waals surface area contributed by atoms with Gasteiger partial charge in [0.2, 0.25) is 0 Å². The summed E-state index contributed by atoms with van der Waals surface area (Å²) in [5.41, 5.74) is 1.77. The molecule has 0 unspecified atom stereocenters. The number of hydrogen-bond donors (Lipinski definition) is 0. The quantitative estimate of drug-likeness (QED) is 0.730. The first-order valence-corrected chi connectivity index (χ1v) is 4.90. The monoisotopic (exact) mass is 224 g/mol. The fourth-order valence-corrected chi connectivity index (χ4v) is 1.46. The average Bonchev–Trinajstić information content (AvgIpc) is 2.31. The molecule has 4 nitrogen and oxygen atoms in total. The van der Waals surface area contributed by atoms with Crippen LogP contribution in [0.4, 0.5) is 0 Å². The van der Waals surface area contributed by atoms with Crippen LogP contribution in [0.5, 0.6) is 11.5 Å². The minimum absolute atomic E-state index is 0.218. The van der Waals surface area contributed by atoms with E-state index in [0.717, 1.165) is 11.1 Å². The zero-order valence-electron chi connectivity index (χ0n) is 9.99. The second-order valence-electron chi connectivity index (χ2n) is 3.37. The Kier molecular flexibility index (Phi) is 4.17. The predicted octanol–water partition coefficient (Wildman–Crippen LogP) is 1.73. The van der Waals surface area contributed by atoms with E-state index in [-0.39, 0.29) is 12.4 Å². The number of hydrogen-bond acceptors (Lipinski definition) is 4. The third-order valence-electron chi connectivity index (χ3n) is 2.46. The minimum atomic E-state index is -0.279. The molecule has 4 heteroatoms. The van der Waals surface area contributed by atoms with Crippen LogP contribution in [0.1, 0.15) is 11.1 Å². The van der Waals surface area contributed by atoms with Crippen LogP contribution in [-0.2, 0) is 16.0 Å². The molecule has 1 aromatic carbocycles. The van der Waals surface area contributed by atoms with Gasteiger partial charge in [0.25, 0.3) is 0 Å². The van der Waals surface area contributed by atoms with E-state index in [1.54, 1.807) is 20.3 Å². The summed E-state index contributed by atoms with van der Waals surface area (Å²) in [4.78, 5) is 11.2. The van der Waals surface area contributed by atoms with E-state index >= 15 is 0 Å². The molecule has 0 radical (unpaired) electrons. The lowest BCUT2D eigenvalue weighted by molar-refractivity contribution is -0.139. The molecule has 0 N–H and O–H groups in total. The molecule has 1 aromatic rings. The number of benzene rings is 1. The summed E-state index contributed by atoms with van der Waals surface area (Å²) in [6.45, 7) is 1.90. The molecular weight excluding hydrogens is 208 g/mol. The van der Waals surface area contributed by atoms with Crippen molar-refractivity contribution in [3.63, 3.8) is 0 Å². The number of rotatable bonds is 4. The molecule has 0 aliphatic carbocycles. The van der Waals surface area contributed by atoms with Gasteiger partial charge < -0.3 is 14.2 Å². The van der Waals surface area contributed by atoms with Crippen molar-refractivity contribution < 1.29 is 19.0 Å². The Morgan fingerprint density at radius 3 is 2.38 bits per heavy atom. The van der Waals surface area contributed by atoms with E-state index in [9.17, 15) is 4.79 Å². The Labute approximate surface area is 95.1 Å². The molecule has 0 bridgehead atoms. The summed E-state index contributed by atoms with van der Waals surface area (Å²) >= 11 is 0. The summed E-state index contributed by atoms with van der Waals surface area (Å²) in [6.07, 6.45) is 0.218. The summed E-state index contributed by atoms with van der Waals surface area (Å²) in [5, 5.41) is 0. The highest BCUT2D eigenvalue weighted by Crippen LogP contribution is 2.28. The molecular formula is C12H16O4. The molecule has 0 spiro atoms. The highest BCUT2D eigenvalue weighted by molar-refractivity contribution is 5.73. The fraction of sp³-hybridized carbons (Fsp3) is 0.417. The molecule has 0 aliphatic heterocycles. The van der Waals surface area contributed by atoms with E-state index in [0.29, 0.717) is 11.5 Å². The first-order valence-electron chi connectivity index (χ1n) is 4.90. The van der Waals surface area contributed by atoms with E-state index < -0.39 is 0 Å². The lowest BCUT2D eigenvalue weighted by atomic mass is 10.0. The normalized spacial score (nSPS) is 9.75. The van der Waals surface area contributed by atoms with Crippen LogP contribution in [0, 0.1) is 6.92 Å². The van der Waals surface area contributed by atoms with Gasteiger partial charge in [-0.3, -0.25) is 4.79 Å². The van der Waals surface area contributed by atoms with E-state index in [2.05, 4.69) is 4.74 Å². The van der Waals surface area contributed by atoms with Crippen molar-refractivity contribution in [2.45, 2.75) is 13.3 Å². The van der Waals surface area contributed by atoms with Crippen LogP contribution in [0.2, 0.25) is 0 Å². The van der Waals surface area contributed by atoms with Gasteiger partial charge >= 0.3 is 5.97 Å². The molecule has 0 saturated carbocycles. The van der Waals surface area contributed by atoms with Gasteiger partial charge in [0.1, 0.15) is 11.5 Å². The zero-order chi connectivity index (χ0) is 12.1. The van der Waals surface area contributed by atoms with Gasteiger partial charge in [0.15, 0.2) is 0 Å². The Bertz CT molecular complexity index is 385. The van der Waals surface area contributed by atoms with Crippen LogP contribution in [0.15, 0.2) is 12.1 Å². The van der Waals surface area contributed by atoms with Crippen LogP contribution in [-0.4, -0.2) is 27.3 Å². The van der Waals surface area contributed by atoms with Gasteiger partial charge in [-0.1, -0.05) is 0 Å². The molecule has 1 rings (SSSR count). The van der Waals surface area contributed by atoms with Gasteiger partial charge in [0, 0.05) is 6.07 Å². The number of carbonyl (C=O) groups is 1. The van der Waals surface area contributed by atoms with Gasteiger partial charge in [-0.2, -0.15) is 0 Å². The van der Waals surface area contributed by atoms with Crippen molar-refractivity contribution in [2.75, 3.05) is 21.3 Å². The van der Waals surface area contributed by atoms with Crippen molar-refractivity contribution in [1.29, 1.82) is 0 Å². The molecule has 0 heterocycles. The third-order valence-corrected chi connectivity index (χ3v) is 2.46. The molecule has 0 aromatic heterocycles. The lowest BCUT2D eigenvalue weighted by Crippen LogP contribution is -2.07. The van der Waals surface area contributed by atoms with Crippen LogP contribution < -0.4 is 9.47 Å². The van der Waals surface area contributed by atoms with Crippen molar-refractivity contribution in [2.24, 2.45) is 0 Å². The Morgan fingerprint density at radius 1 is 1.19 bits per heavy atom. The summed E-state index contributed by atoms with van der Waals surface area (Å²) in [7, 11) is 4.53. The Morgan fingerprint density at radius 2 is 1.88 bits per heavy atom. The fourth-order valence-electron chi connectivity index (χ4n) is 1.46. The van der Waals surface area contributed by atoms with Crippen molar-refractivity contribution >= 4 is 5.97 Å². The molecule has 0 amide bonds. The number of esters is 1. The van der Waals surface area contributed by atoms with Gasteiger partial charge in [-0.05, 0) is 24.1 Å².